The van der Waals surface area contributed by atoms with Crippen molar-refractivity contribution in [3.63, 3.8) is 0 Å². The Morgan fingerprint density at radius 2 is 1.42 bits per heavy atom. The summed E-state index contributed by atoms with van der Waals surface area (Å²) >= 11 is 6.27. The number of fused-ring (bicyclic) bond motifs is 5. The first-order valence-corrected chi connectivity index (χ1v) is 8.37. The Bertz CT molecular complexity index is 1220. The summed E-state index contributed by atoms with van der Waals surface area (Å²) in [7, 11) is 0. The van der Waals surface area contributed by atoms with E-state index in [1.54, 1.807) is 0 Å². The average molecular weight is 328 g/mol. The predicted molar refractivity (Wildman–Crippen MR) is 103 cm³/mol. The fourth-order valence-corrected chi connectivity index (χ4v) is 3.80. The fraction of sp³-hybridized carbons (Fsp3) is 0. The molecule has 5 aromatic rings. The van der Waals surface area contributed by atoms with Crippen LogP contribution in [0.2, 0.25) is 5.02 Å². The number of benzene rings is 4. The lowest BCUT2D eigenvalue weighted by Gasteiger charge is -2.10. The number of aromatic nitrogens is 1. The van der Waals surface area contributed by atoms with Gasteiger partial charge in [0.05, 0.1) is 11.0 Å². The van der Waals surface area contributed by atoms with Crippen molar-refractivity contribution in [1.82, 2.24) is 4.57 Å². The summed E-state index contributed by atoms with van der Waals surface area (Å²) in [6, 6.07) is 29.6. The van der Waals surface area contributed by atoms with Crippen LogP contribution in [0.1, 0.15) is 0 Å². The molecule has 0 unspecified atom stereocenters. The van der Waals surface area contributed by atoms with Gasteiger partial charge in [-0.25, -0.2) is 0 Å². The summed E-state index contributed by atoms with van der Waals surface area (Å²) in [5.74, 6) is 0. The number of halogens is 1. The molecule has 24 heavy (non-hydrogen) atoms. The van der Waals surface area contributed by atoms with Gasteiger partial charge in [-0.05, 0) is 29.7 Å². The van der Waals surface area contributed by atoms with Gasteiger partial charge < -0.3 is 4.57 Å². The number of hydrogen-bond acceptors (Lipinski definition) is 0. The van der Waals surface area contributed by atoms with E-state index in [-0.39, 0.29) is 0 Å². The third-order valence-corrected chi connectivity index (χ3v) is 4.86. The average Bonchev–Trinajstić information content (AvgIpc) is 2.97. The van der Waals surface area contributed by atoms with E-state index in [2.05, 4.69) is 71.3 Å². The Morgan fingerprint density at radius 1 is 0.625 bits per heavy atom. The van der Waals surface area contributed by atoms with E-state index in [0.717, 1.165) is 10.7 Å². The quantitative estimate of drug-likeness (QED) is 0.327. The monoisotopic (exact) mass is 327 g/mol. The Labute approximate surface area is 144 Å². The van der Waals surface area contributed by atoms with Gasteiger partial charge >= 0.3 is 0 Å². The lowest BCUT2D eigenvalue weighted by Crippen LogP contribution is -1.94. The van der Waals surface area contributed by atoms with Crippen molar-refractivity contribution in [2.75, 3.05) is 0 Å². The van der Waals surface area contributed by atoms with Gasteiger partial charge in [-0.15, -0.1) is 0 Å². The molecule has 0 aliphatic rings. The molecule has 0 N–H and O–H groups in total. The maximum Gasteiger partial charge on any atom is 0.0619 e. The Hall–Kier alpha value is -2.77. The van der Waals surface area contributed by atoms with Crippen LogP contribution in [0.25, 0.3) is 38.3 Å². The minimum atomic E-state index is 0.749. The standard InChI is InChI=1S/C22H14ClN/c23-16-7-5-8-17(14-16)24-21-11-4-3-10-19(21)20-13-12-15-6-1-2-9-18(15)22(20)24/h1-14H. The molecule has 0 radical (unpaired) electrons. The second-order valence-electron chi connectivity index (χ2n) is 6.02. The van der Waals surface area contributed by atoms with E-state index in [0.29, 0.717) is 0 Å². The molecule has 1 aromatic heterocycles. The second-order valence-corrected chi connectivity index (χ2v) is 6.45. The number of hydrogen-bond donors (Lipinski definition) is 0. The molecule has 114 valence electrons. The summed E-state index contributed by atoms with van der Waals surface area (Å²) in [6.07, 6.45) is 0. The SMILES string of the molecule is Clc1cccc(-n2c3ccccc3c3ccc4ccccc4c32)c1. The van der Waals surface area contributed by atoms with Crippen LogP contribution in [-0.2, 0) is 0 Å². The molecule has 1 nitrogen and oxygen atoms in total. The molecule has 0 aliphatic carbocycles. The highest BCUT2D eigenvalue weighted by Gasteiger charge is 2.14. The fourth-order valence-electron chi connectivity index (χ4n) is 3.61. The lowest BCUT2D eigenvalue weighted by molar-refractivity contribution is 1.19. The van der Waals surface area contributed by atoms with E-state index >= 15 is 0 Å². The molecule has 0 fully saturated rings. The summed E-state index contributed by atoms with van der Waals surface area (Å²) in [5.41, 5.74) is 3.52. The number of rotatable bonds is 1. The molecular formula is C22H14ClN. The first kappa shape index (κ1) is 13.6. The van der Waals surface area contributed by atoms with E-state index < -0.39 is 0 Å². The molecule has 2 heteroatoms. The zero-order valence-electron chi connectivity index (χ0n) is 12.9. The van der Waals surface area contributed by atoms with Crippen LogP contribution in [0.3, 0.4) is 0 Å². The third kappa shape index (κ3) is 1.88. The number of nitrogens with zero attached hydrogens (tertiary/aromatic N) is 1. The molecule has 0 spiro atoms. The van der Waals surface area contributed by atoms with Gasteiger partial charge in [-0.3, -0.25) is 0 Å². The van der Waals surface area contributed by atoms with E-state index in [1.807, 2.05) is 18.2 Å². The van der Waals surface area contributed by atoms with Crippen molar-refractivity contribution >= 4 is 44.2 Å². The molecular weight excluding hydrogens is 314 g/mol. The van der Waals surface area contributed by atoms with Crippen LogP contribution in [0.5, 0.6) is 0 Å². The minimum absolute atomic E-state index is 0.749. The van der Waals surface area contributed by atoms with Gasteiger partial charge in [0, 0.05) is 26.9 Å². The van der Waals surface area contributed by atoms with Gasteiger partial charge in [0.15, 0.2) is 0 Å². The highest BCUT2D eigenvalue weighted by atomic mass is 35.5. The summed E-state index contributed by atoms with van der Waals surface area (Å²) < 4.78 is 2.32. The maximum absolute atomic E-state index is 6.27. The largest absolute Gasteiger partial charge is 0.309 e. The summed E-state index contributed by atoms with van der Waals surface area (Å²) in [4.78, 5) is 0. The Morgan fingerprint density at radius 3 is 2.29 bits per heavy atom. The summed E-state index contributed by atoms with van der Waals surface area (Å²) in [5, 5.41) is 5.78. The minimum Gasteiger partial charge on any atom is -0.309 e. The van der Waals surface area contributed by atoms with Gasteiger partial charge in [0.1, 0.15) is 0 Å². The normalized spacial score (nSPS) is 11.5. The van der Waals surface area contributed by atoms with Crippen LogP contribution in [-0.4, -0.2) is 4.57 Å². The topological polar surface area (TPSA) is 4.93 Å². The zero-order valence-corrected chi connectivity index (χ0v) is 13.7. The highest BCUT2D eigenvalue weighted by molar-refractivity contribution is 6.30. The Kier molecular flexibility index (Phi) is 2.91. The predicted octanol–water partition coefficient (Wildman–Crippen LogP) is 6.59. The lowest BCUT2D eigenvalue weighted by atomic mass is 10.1. The van der Waals surface area contributed by atoms with Crippen molar-refractivity contribution in [3.8, 4) is 5.69 Å². The van der Waals surface area contributed by atoms with Crippen LogP contribution in [0.4, 0.5) is 0 Å². The van der Waals surface area contributed by atoms with Crippen molar-refractivity contribution in [2.45, 2.75) is 0 Å². The van der Waals surface area contributed by atoms with Gasteiger partial charge in [0.2, 0.25) is 0 Å². The van der Waals surface area contributed by atoms with Crippen molar-refractivity contribution in [1.29, 1.82) is 0 Å². The molecule has 0 aliphatic heterocycles. The van der Waals surface area contributed by atoms with Crippen LogP contribution in [0, 0.1) is 0 Å². The van der Waals surface area contributed by atoms with E-state index in [1.165, 1.54) is 32.6 Å². The highest BCUT2D eigenvalue weighted by Crippen LogP contribution is 2.36. The third-order valence-electron chi connectivity index (χ3n) is 4.63. The smallest absolute Gasteiger partial charge is 0.0619 e. The van der Waals surface area contributed by atoms with Crippen LogP contribution >= 0.6 is 11.6 Å². The van der Waals surface area contributed by atoms with Gasteiger partial charge in [-0.1, -0.05) is 72.3 Å². The van der Waals surface area contributed by atoms with Crippen molar-refractivity contribution in [3.05, 3.63) is 90.0 Å². The summed E-state index contributed by atoms with van der Waals surface area (Å²) in [6.45, 7) is 0. The molecule has 0 amide bonds. The molecule has 0 saturated carbocycles. The second kappa shape index (κ2) is 5.12. The van der Waals surface area contributed by atoms with E-state index in [4.69, 9.17) is 11.6 Å². The molecule has 1 heterocycles. The first-order chi connectivity index (χ1) is 11.8. The van der Waals surface area contributed by atoms with Crippen molar-refractivity contribution in [2.24, 2.45) is 0 Å². The molecule has 0 saturated heterocycles. The zero-order chi connectivity index (χ0) is 16.1. The number of para-hydroxylation sites is 1. The van der Waals surface area contributed by atoms with E-state index in [9.17, 15) is 0 Å². The van der Waals surface area contributed by atoms with Crippen LogP contribution in [0.15, 0.2) is 84.9 Å². The Balaban J connectivity index is 2.08. The maximum atomic E-state index is 6.27. The van der Waals surface area contributed by atoms with Gasteiger partial charge in [0.25, 0.3) is 0 Å². The van der Waals surface area contributed by atoms with Gasteiger partial charge in [-0.2, -0.15) is 0 Å². The molecule has 0 bridgehead atoms. The van der Waals surface area contributed by atoms with Crippen molar-refractivity contribution < 1.29 is 0 Å². The first-order valence-electron chi connectivity index (χ1n) is 8.00. The van der Waals surface area contributed by atoms with Crippen LogP contribution < -0.4 is 0 Å². The molecule has 0 atom stereocenters. The molecule has 5 rings (SSSR count). The molecule has 4 aromatic carbocycles.